The minimum absolute atomic E-state index is 0.0176. The molecular weight excluding hydrogens is 377 g/mol. The molecular formula is C20H11F3O5. The summed E-state index contributed by atoms with van der Waals surface area (Å²) in [7, 11) is 0. The molecule has 0 aliphatic carbocycles. The number of carbonyl (C=O) groups excluding carboxylic acids is 2. The minimum Gasteiger partial charge on any atom is -0.508 e. The molecule has 0 spiro atoms. The monoisotopic (exact) mass is 388 g/mol. The normalized spacial score (nSPS) is 10.4. The Morgan fingerprint density at radius 1 is 0.714 bits per heavy atom. The van der Waals surface area contributed by atoms with Crippen LogP contribution in [0, 0.1) is 17.5 Å². The Kier molecular flexibility index (Phi) is 5.30. The first-order chi connectivity index (χ1) is 13.3. The Labute approximate surface area is 156 Å². The maximum absolute atomic E-state index is 13.2. The molecule has 0 saturated heterocycles. The number of phenolic OH excluding ortho intramolecular Hbond substituents is 1. The molecule has 0 fully saturated rings. The van der Waals surface area contributed by atoms with Crippen molar-refractivity contribution in [3.8, 4) is 17.2 Å². The lowest BCUT2D eigenvalue weighted by Gasteiger charge is -2.08. The van der Waals surface area contributed by atoms with Crippen LogP contribution in [-0.2, 0) is 0 Å². The third kappa shape index (κ3) is 4.29. The number of aromatic hydroxyl groups is 1. The van der Waals surface area contributed by atoms with Crippen molar-refractivity contribution in [3.05, 3.63) is 89.2 Å². The van der Waals surface area contributed by atoms with Crippen molar-refractivity contribution in [2.24, 2.45) is 0 Å². The zero-order chi connectivity index (χ0) is 20.3. The van der Waals surface area contributed by atoms with Gasteiger partial charge in [0.2, 0.25) is 0 Å². The summed E-state index contributed by atoms with van der Waals surface area (Å²) in [5.74, 6) is -6.92. The van der Waals surface area contributed by atoms with Gasteiger partial charge in [-0.1, -0.05) is 6.07 Å². The lowest BCUT2D eigenvalue weighted by atomic mass is 10.2. The molecule has 0 aromatic heterocycles. The Morgan fingerprint density at radius 3 is 1.93 bits per heavy atom. The van der Waals surface area contributed by atoms with Crippen molar-refractivity contribution in [2.45, 2.75) is 0 Å². The number of rotatable bonds is 4. The van der Waals surface area contributed by atoms with Crippen molar-refractivity contribution < 1.29 is 37.3 Å². The fraction of sp³-hybridized carbons (Fsp3) is 0. The molecule has 1 N–H and O–H groups in total. The van der Waals surface area contributed by atoms with E-state index in [0.717, 1.165) is 0 Å². The molecule has 3 aromatic rings. The molecule has 28 heavy (non-hydrogen) atoms. The molecule has 3 rings (SSSR count). The second kappa shape index (κ2) is 7.83. The first kappa shape index (κ1) is 19.0. The van der Waals surface area contributed by atoms with Gasteiger partial charge in [-0.25, -0.2) is 22.8 Å². The summed E-state index contributed by atoms with van der Waals surface area (Å²) in [5.41, 5.74) is 0.101. The van der Waals surface area contributed by atoms with Crippen LogP contribution in [0.15, 0.2) is 60.7 Å². The molecule has 142 valence electrons. The van der Waals surface area contributed by atoms with E-state index in [9.17, 15) is 27.9 Å². The smallest absolute Gasteiger partial charge is 0.343 e. The number of carbonyl (C=O) groups is 2. The van der Waals surface area contributed by atoms with Crippen molar-refractivity contribution in [2.75, 3.05) is 0 Å². The Morgan fingerprint density at radius 2 is 1.29 bits per heavy atom. The van der Waals surface area contributed by atoms with Crippen molar-refractivity contribution in [3.63, 3.8) is 0 Å². The number of benzene rings is 3. The van der Waals surface area contributed by atoms with Gasteiger partial charge in [-0.2, -0.15) is 0 Å². The second-order valence-electron chi connectivity index (χ2n) is 5.55. The average molecular weight is 388 g/mol. The van der Waals surface area contributed by atoms with Crippen molar-refractivity contribution in [1.29, 1.82) is 0 Å². The van der Waals surface area contributed by atoms with Gasteiger partial charge in [0.05, 0.1) is 11.1 Å². The predicted octanol–water partition coefficient (Wildman–Crippen LogP) is 4.25. The van der Waals surface area contributed by atoms with E-state index < -0.39 is 35.1 Å². The van der Waals surface area contributed by atoms with Gasteiger partial charge in [-0.05, 0) is 42.5 Å². The van der Waals surface area contributed by atoms with E-state index in [-0.39, 0.29) is 22.6 Å². The van der Waals surface area contributed by atoms with Crippen LogP contribution in [-0.4, -0.2) is 17.0 Å². The number of phenols is 1. The van der Waals surface area contributed by atoms with Crippen LogP contribution in [0.3, 0.4) is 0 Å². The van der Waals surface area contributed by atoms with E-state index in [1.165, 1.54) is 48.5 Å². The molecule has 8 heteroatoms. The Hall–Kier alpha value is -3.81. The van der Waals surface area contributed by atoms with Crippen molar-refractivity contribution >= 4 is 11.9 Å². The number of hydrogen-bond donors (Lipinski definition) is 1. The van der Waals surface area contributed by atoms with Crippen LogP contribution in [0.25, 0.3) is 0 Å². The van der Waals surface area contributed by atoms with E-state index >= 15 is 0 Å². The topological polar surface area (TPSA) is 72.8 Å². The van der Waals surface area contributed by atoms with Gasteiger partial charge in [-0.15, -0.1) is 0 Å². The third-order valence-electron chi connectivity index (χ3n) is 3.55. The van der Waals surface area contributed by atoms with E-state index in [2.05, 4.69) is 0 Å². The number of ether oxygens (including phenoxy) is 2. The third-order valence-corrected chi connectivity index (χ3v) is 3.55. The summed E-state index contributed by atoms with van der Waals surface area (Å²) in [6.45, 7) is 0. The van der Waals surface area contributed by atoms with Crippen LogP contribution in [0.1, 0.15) is 20.7 Å². The summed E-state index contributed by atoms with van der Waals surface area (Å²) in [4.78, 5) is 24.2. The summed E-state index contributed by atoms with van der Waals surface area (Å²) in [6, 6.07) is 11.7. The van der Waals surface area contributed by atoms with Gasteiger partial charge in [0.15, 0.2) is 17.5 Å². The van der Waals surface area contributed by atoms with Gasteiger partial charge in [0.25, 0.3) is 0 Å². The molecule has 5 nitrogen and oxygen atoms in total. The minimum atomic E-state index is -1.68. The van der Waals surface area contributed by atoms with Crippen LogP contribution >= 0.6 is 0 Å². The van der Waals surface area contributed by atoms with E-state index in [0.29, 0.717) is 12.1 Å². The molecule has 0 atom stereocenters. The Balaban J connectivity index is 1.74. The van der Waals surface area contributed by atoms with Crippen LogP contribution in [0.5, 0.6) is 17.2 Å². The standard InChI is InChI=1S/C20H11F3O5/c21-16-9-15(10-17(22)18(16)23)28-20(26)12-2-1-3-14(8-12)27-19(25)11-4-6-13(24)7-5-11/h1-10,24H. The van der Waals surface area contributed by atoms with E-state index in [1.54, 1.807) is 0 Å². The molecule has 0 radical (unpaired) electrons. The maximum atomic E-state index is 13.2. The summed E-state index contributed by atoms with van der Waals surface area (Å²) < 4.78 is 49.3. The van der Waals surface area contributed by atoms with Gasteiger partial charge in [0.1, 0.15) is 17.2 Å². The highest BCUT2D eigenvalue weighted by Gasteiger charge is 2.16. The van der Waals surface area contributed by atoms with Gasteiger partial charge < -0.3 is 14.6 Å². The highest BCUT2D eigenvalue weighted by Crippen LogP contribution is 2.22. The largest absolute Gasteiger partial charge is 0.508 e. The highest BCUT2D eigenvalue weighted by molar-refractivity contribution is 5.93. The van der Waals surface area contributed by atoms with Crippen molar-refractivity contribution in [1.82, 2.24) is 0 Å². The molecule has 0 bridgehead atoms. The van der Waals surface area contributed by atoms with Gasteiger partial charge in [-0.3, -0.25) is 0 Å². The lowest BCUT2D eigenvalue weighted by molar-refractivity contribution is 0.0714. The summed E-state index contributed by atoms with van der Waals surface area (Å²) in [6.07, 6.45) is 0. The summed E-state index contributed by atoms with van der Waals surface area (Å²) in [5, 5.41) is 9.22. The van der Waals surface area contributed by atoms with E-state index in [1.807, 2.05) is 0 Å². The molecule has 0 heterocycles. The second-order valence-corrected chi connectivity index (χ2v) is 5.55. The zero-order valence-corrected chi connectivity index (χ0v) is 14.0. The first-order valence-electron chi connectivity index (χ1n) is 7.81. The molecule has 0 aliphatic rings. The van der Waals surface area contributed by atoms with Crippen LogP contribution in [0.4, 0.5) is 13.2 Å². The number of hydrogen-bond acceptors (Lipinski definition) is 5. The fourth-order valence-electron chi connectivity index (χ4n) is 2.21. The van der Waals surface area contributed by atoms with Crippen LogP contribution < -0.4 is 9.47 Å². The maximum Gasteiger partial charge on any atom is 0.343 e. The number of halogens is 3. The average Bonchev–Trinajstić information content (AvgIpc) is 2.66. The first-order valence-corrected chi connectivity index (χ1v) is 7.81. The van der Waals surface area contributed by atoms with E-state index in [4.69, 9.17) is 9.47 Å². The number of esters is 2. The molecule has 0 amide bonds. The zero-order valence-electron chi connectivity index (χ0n) is 14.0. The predicted molar refractivity (Wildman–Crippen MR) is 90.8 cm³/mol. The Bertz CT molecular complexity index is 1020. The van der Waals surface area contributed by atoms with Crippen LogP contribution in [0.2, 0.25) is 0 Å². The molecule has 3 aromatic carbocycles. The molecule has 0 saturated carbocycles. The fourth-order valence-corrected chi connectivity index (χ4v) is 2.21. The lowest BCUT2D eigenvalue weighted by Crippen LogP contribution is -2.11. The van der Waals surface area contributed by atoms with Gasteiger partial charge >= 0.3 is 11.9 Å². The highest BCUT2D eigenvalue weighted by atomic mass is 19.2. The molecule has 0 unspecified atom stereocenters. The summed E-state index contributed by atoms with van der Waals surface area (Å²) >= 11 is 0. The molecule has 0 aliphatic heterocycles. The SMILES string of the molecule is O=C(Oc1cccc(C(=O)Oc2cc(F)c(F)c(F)c2)c1)c1ccc(O)cc1. The quantitative estimate of drug-likeness (QED) is 0.411. The van der Waals surface area contributed by atoms with Gasteiger partial charge in [0, 0.05) is 12.1 Å².